The first-order chi connectivity index (χ1) is 12.1. The molecule has 3 rings (SSSR count). The molecule has 1 unspecified atom stereocenters. The van der Waals surface area contributed by atoms with Gasteiger partial charge in [0.05, 0.1) is 6.04 Å². The molecule has 2 aromatic rings. The third-order valence-electron chi connectivity index (χ3n) is 3.64. The van der Waals surface area contributed by atoms with Gasteiger partial charge in [-0.05, 0) is 40.0 Å². The largest absolute Gasteiger partial charge is 0.409 e. The third-order valence-corrected chi connectivity index (χ3v) is 4.59. The summed E-state index contributed by atoms with van der Waals surface area (Å²) in [6.07, 6.45) is 0.672. The molecule has 1 heterocycles. The second-order valence-electron chi connectivity index (χ2n) is 5.25. The molecular formula is C14H15FN6O3S. The van der Waals surface area contributed by atoms with Crippen molar-refractivity contribution in [1.29, 1.82) is 0 Å². The van der Waals surface area contributed by atoms with Crippen LogP contribution >= 0.6 is 11.8 Å². The molecular weight excluding hydrogens is 351 g/mol. The number of fused-ring (bicyclic) bond motifs is 1. The maximum atomic E-state index is 13.4. The monoisotopic (exact) mass is 366 g/mol. The van der Waals surface area contributed by atoms with Crippen LogP contribution in [0.15, 0.2) is 33.0 Å². The minimum atomic E-state index is -0.616. The molecule has 0 saturated carbocycles. The van der Waals surface area contributed by atoms with Gasteiger partial charge in [0.2, 0.25) is 0 Å². The highest BCUT2D eigenvalue weighted by atomic mass is 32.2. The Morgan fingerprint density at radius 2 is 2.36 bits per heavy atom. The molecule has 1 aromatic carbocycles. The molecule has 0 radical (unpaired) electrons. The van der Waals surface area contributed by atoms with Gasteiger partial charge < -0.3 is 21.6 Å². The SMILES string of the molecule is NC(=O)NCCSc1nonc1/C(=N/O)NC1Cc2ccc(F)cc21. The summed E-state index contributed by atoms with van der Waals surface area (Å²) < 4.78 is 18.1. The zero-order chi connectivity index (χ0) is 17.8. The van der Waals surface area contributed by atoms with Gasteiger partial charge in [0.15, 0.2) is 16.6 Å². The molecule has 0 bridgehead atoms. The van der Waals surface area contributed by atoms with Gasteiger partial charge in [0.25, 0.3) is 0 Å². The summed E-state index contributed by atoms with van der Waals surface area (Å²) in [7, 11) is 0. The van der Waals surface area contributed by atoms with Gasteiger partial charge in [-0.2, -0.15) is 0 Å². The normalized spacial score (nSPS) is 16.0. The van der Waals surface area contributed by atoms with Gasteiger partial charge in [-0.1, -0.05) is 23.0 Å². The van der Waals surface area contributed by atoms with Crippen molar-refractivity contribution in [3.63, 3.8) is 0 Å². The van der Waals surface area contributed by atoms with E-state index in [9.17, 15) is 14.4 Å². The van der Waals surface area contributed by atoms with Crippen molar-refractivity contribution in [2.75, 3.05) is 12.3 Å². The number of carbonyl (C=O) groups excluding carboxylic acids is 1. The minimum absolute atomic E-state index is 0.0755. The number of aromatic nitrogens is 2. The van der Waals surface area contributed by atoms with Crippen LogP contribution in [0, 0.1) is 5.82 Å². The second-order valence-corrected chi connectivity index (χ2v) is 6.33. The molecule has 1 aromatic heterocycles. The lowest BCUT2D eigenvalue weighted by Crippen LogP contribution is -2.36. The number of urea groups is 1. The number of nitrogens with zero attached hydrogens (tertiary/aromatic N) is 3. The number of oxime groups is 1. The smallest absolute Gasteiger partial charge is 0.312 e. The summed E-state index contributed by atoms with van der Waals surface area (Å²) >= 11 is 1.25. The fourth-order valence-electron chi connectivity index (χ4n) is 2.46. The van der Waals surface area contributed by atoms with E-state index in [0.29, 0.717) is 23.7 Å². The number of hydrogen-bond acceptors (Lipinski definition) is 7. The van der Waals surface area contributed by atoms with Crippen LogP contribution in [0.5, 0.6) is 0 Å². The zero-order valence-electron chi connectivity index (χ0n) is 12.9. The Hall–Kier alpha value is -2.82. The first kappa shape index (κ1) is 17.0. The Balaban J connectivity index is 1.65. The number of thioether (sulfide) groups is 1. The highest BCUT2D eigenvalue weighted by molar-refractivity contribution is 7.99. The van der Waals surface area contributed by atoms with E-state index in [-0.39, 0.29) is 23.4 Å². The zero-order valence-corrected chi connectivity index (χ0v) is 13.7. The Bertz CT molecular complexity index is 812. The molecule has 0 spiro atoms. The number of primary amides is 1. The number of halogens is 1. The highest BCUT2D eigenvalue weighted by Gasteiger charge is 2.29. The Morgan fingerprint density at radius 3 is 3.12 bits per heavy atom. The average molecular weight is 366 g/mol. The van der Waals surface area contributed by atoms with Crippen LogP contribution in [-0.2, 0) is 6.42 Å². The molecule has 0 fully saturated rings. The van der Waals surface area contributed by atoms with Crippen LogP contribution in [0.2, 0.25) is 0 Å². The average Bonchev–Trinajstić information content (AvgIpc) is 3.03. The number of carbonyl (C=O) groups is 1. The number of nitrogens with one attached hydrogen (secondary N) is 2. The van der Waals surface area contributed by atoms with Gasteiger partial charge in [-0.25, -0.2) is 13.8 Å². The van der Waals surface area contributed by atoms with E-state index in [1.54, 1.807) is 6.07 Å². The summed E-state index contributed by atoms with van der Waals surface area (Å²) in [6, 6.07) is 3.77. The van der Waals surface area contributed by atoms with E-state index in [1.807, 2.05) is 0 Å². The van der Waals surface area contributed by atoms with Crippen molar-refractivity contribution in [1.82, 2.24) is 20.9 Å². The van der Waals surface area contributed by atoms with Crippen molar-refractivity contribution in [2.24, 2.45) is 10.9 Å². The quantitative estimate of drug-likeness (QED) is 0.149. The van der Waals surface area contributed by atoms with Gasteiger partial charge in [-0.15, -0.1) is 0 Å². The fraction of sp³-hybridized carbons (Fsp3) is 0.286. The summed E-state index contributed by atoms with van der Waals surface area (Å²) in [5, 5.41) is 25.8. The van der Waals surface area contributed by atoms with Gasteiger partial charge in [0.1, 0.15) is 5.82 Å². The van der Waals surface area contributed by atoms with Crippen LogP contribution in [0.1, 0.15) is 22.9 Å². The molecule has 1 atom stereocenters. The van der Waals surface area contributed by atoms with E-state index in [0.717, 1.165) is 11.1 Å². The molecule has 9 nitrogen and oxygen atoms in total. The fourth-order valence-corrected chi connectivity index (χ4v) is 3.21. The lowest BCUT2D eigenvalue weighted by molar-refractivity contribution is 0.249. The summed E-state index contributed by atoms with van der Waals surface area (Å²) in [4.78, 5) is 10.6. The van der Waals surface area contributed by atoms with E-state index in [2.05, 4.69) is 26.1 Å². The van der Waals surface area contributed by atoms with Crippen LogP contribution in [0.25, 0.3) is 0 Å². The maximum Gasteiger partial charge on any atom is 0.312 e. The maximum absolute atomic E-state index is 13.4. The minimum Gasteiger partial charge on any atom is -0.409 e. The van der Waals surface area contributed by atoms with Gasteiger partial charge in [0, 0.05) is 12.3 Å². The molecule has 0 aliphatic heterocycles. The first-order valence-electron chi connectivity index (χ1n) is 7.34. The number of hydrogen-bond donors (Lipinski definition) is 4. The molecule has 11 heteroatoms. The van der Waals surface area contributed by atoms with Crippen molar-refractivity contribution in [3.05, 3.63) is 40.8 Å². The number of benzene rings is 1. The molecule has 5 N–H and O–H groups in total. The predicted octanol–water partition coefficient (Wildman–Crippen LogP) is 0.992. The third kappa shape index (κ3) is 3.82. The summed E-state index contributed by atoms with van der Waals surface area (Å²) in [5.74, 6) is 0.223. The molecule has 0 saturated heterocycles. The van der Waals surface area contributed by atoms with E-state index < -0.39 is 6.03 Å². The summed E-state index contributed by atoms with van der Waals surface area (Å²) in [5.41, 5.74) is 7.05. The van der Waals surface area contributed by atoms with Gasteiger partial charge in [-0.3, -0.25) is 0 Å². The Kier molecular flexibility index (Phi) is 5.03. The number of amidine groups is 1. The van der Waals surface area contributed by atoms with Crippen molar-refractivity contribution in [2.45, 2.75) is 17.5 Å². The second kappa shape index (κ2) is 7.38. The summed E-state index contributed by atoms with van der Waals surface area (Å²) in [6.45, 7) is 0.334. The topological polar surface area (TPSA) is 139 Å². The molecule has 2 amide bonds. The van der Waals surface area contributed by atoms with Crippen LogP contribution in [0.4, 0.5) is 9.18 Å². The van der Waals surface area contributed by atoms with E-state index in [4.69, 9.17) is 10.4 Å². The highest BCUT2D eigenvalue weighted by Crippen LogP contribution is 2.34. The molecule has 1 aliphatic rings. The number of amides is 2. The lowest BCUT2D eigenvalue weighted by atomic mass is 9.83. The van der Waals surface area contributed by atoms with Crippen molar-refractivity contribution < 1.29 is 19.0 Å². The molecule has 132 valence electrons. The first-order valence-corrected chi connectivity index (χ1v) is 8.33. The van der Waals surface area contributed by atoms with Crippen LogP contribution in [0.3, 0.4) is 0 Å². The number of rotatable bonds is 6. The van der Waals surface area contributed by atoms with E-state index >= 15 is 0 Å². The van der Waals surface area contributed by atoms with Crippen molar-refractivity contribution >= 4 is 23.6 Å². The van der Waals surface area contributed by atoms with Crippen LogP contribution < -0.4 is 16.4 Å². The van der Waals surface area contributed by atoms with Gasteiger partial charge >= 0.3 is 6.03 Å². The van der Waals surface area contributed by atoms with Crippen LogP contribution in [-0.4, -0.2) is 39.7 Å². The van der Waals surface area contributed by atoms with E-state index in [1.165, 1.54) is 23.9 Å². The number of nitrogens with two attached hydrogens (primary N) is 1. The van der Waals surface area contributed by atoms with Crippen molar-refractivity contribution in [3.8, 4) is 0 Å². The molecule has 25 heavy (non-hydrogen) atoms. The standard InChI is InChI=1S/C14H15FN6O3S/c15-8-2-1-7-5-10(9(7)6-8)18-12(19-23)11-13(21-24-20-11)25-4-3-17-14(16)22/h1-2,6,10,23H,3-5H2,(H,18,19)(H3,16,17,22). The Labute approximate surface area is 145 Å². The lowest BCUT2D eigenvalue weighted by Gasteiger charge is -2.31. The molecule has 1 aliphatic carbocycles. The Morgan fingerprint density at radius 1 is 1.52 bits per heavy atom. The predicted molar refractivity (Wildman–Crippen MR) is 86.9 cm³/mol.